The highest BCUT2D eigenvalue weighted by molar-refractivity contribution is 5.94. The fraction of sp³-hybridized carbons (Fsp3) is 0.368. The second-order valence-corrected chi connectivity index (χ2v) is 5.82. The number of nitrogens with zero attached hydrogens (tertiary/aromatic N) is 2. The summed E-state index contributed by atoms with van der Waals surface area (Å²) in [6.07, 6.45) is 0. The number of para-hydroxylation sites is 1. The number of carbonyl (C=O) groups is 2. The second-order valence-electron chi connectivity index (χ2n) is 5.82. The number of ether oxygens (including phenoxy) is 1. The molecule has 1 heterocycles. The quantitative estimate of drug-likeness (QED) is 0.723. The Hall–Kier alpha value is -2.60. The third-order valence-electron chi connectivity index (χ3n) is 3.89. The summed E-state index contributed by atoms with van der Waals surface area (Å²) in [5.41, 5.74) is 1.29. The smallest absolute Gasteiger partial charge is 0.341 e. The molecule has 2 rings (SSSR count). The van der Waals surface area contributed by atoms with Gasteiger partial charge in [0.1, 0.15) is 17.1 Å². The minimum Gasteiger partial charge on any atom is -0.465 e. The van der Waals surface area contributed by atoms with Crippen LogP contribution in [0.5, 0.6) is 0 Å². The summed E-state index contributed by atoms with van der Waals surface area (Å²) in [6, 6.07) is 11.2. The van der Waals surface area contributed by atoms with Crippen LogP contribution in [0.25, 0.3) is 0 Å². The van der Waals surface area contributed by atoms with Gasteiger partial charge >= 0.3 is 5.97 Å². The maximum Gasteiger partial charge on any atom is 0.341 e. The zero-order chi connectivity index (χ0) is 18.4. The van der Waals surface area contributed by atoms with Crippen molar-refractivity contribution in [3.8, 4) is 0 Å². The molecule has 0 N–H and O–H groups in total. The highest BCUT2D eigenvalue weighted by Crippen LogP contribution is 2.18. The zero-order valence-electron chi connectivity index (χ0n) is 15.1. The van der Waals surface area contributed by atoms with Crippen molar-refractivity contribution >= 4 is 17.6 Å². The number of anilines is 1. The van der Waals surface area contributed by atoms with Crippen LogP contribution in [0.3, 0.4) is 0 Å². The number of methoxy groups -OCH3 is 1. The lowest BCUT2D eigenvalue weighted by Crippen LogP contribution is -2.38. The van der Waals surface area contributed by atoms with Gasteiger partial charge in [-0.05, 0) is 39.1 Å². The summed E-state index contributed by atoms with van der Waals surface area (Å²) in [6.45, 7) is 4.94. The normalized spacial score (nSPS) is 10.8. The Kier molecular flexibility index (Phi) is 6.36. The third kappa shape index (κ3) is 4.70. The van der Waals surface area contributed by atoms with Crippen LogP contribution in [-0.4, -0.2) is 44.0 Å². The monoisotopic (exact) mass is 344 g/mol. The number of amides is 1. The standard InChI is InChI=1S/C19H24N2O4/c1-5-21(15-9-7-6-8-10-15)18(22)13-20(3)12-16-11-17(14(2)25-16)19(23)24-4/h6-11H,5,12-13H2,1-4H3. The van der Waals surface area contributed by atoms with Crippen molar-refractivity contribution in [2.45, 2.75) is 20.4 Å². The van der Waals surface area contributed by atoms with E-state index in [9.17, 15) is 9.59 Å². The van der Waals surface area contributed by atoms with Gasteiger partial charge in [-0.2, -0.15) is 0 Å². The first-order valence-electron chi connectivity index (χ1n) is 8.17. The van der Waals surface area contributed by atoms with Gasteiger partial charge in [-0.25, -0.2) is 4.79 Å². The van der Waals surface area contributed by atoms with Crippen molar-refractivity contribution in [2.24, 2.45) is 0 Å². The lowest BCUT2D eigenvalue weighted by molar-refractivity contribution is -0.119. The fourth-order valence-electron chi connectivity index (χ4n) is 2.68. The largest absolute Gasteiger partial charge is 0.465 e. The van der Waals surface area contributed by atoms with E-state index in [4.69, 9.17) is 9.15 Å². The first-order chi connectivity index (χ1) is 12.0. The van der Waals surface area contributed by atoms with Gasteiger partial charge in [0.2, 0.25) is 5.91 Å². The highest BCUT2D eigenvalue weighted by atomic mass is 16.5. The average molecular weight is 344 g/mol. The maximum atomic E-state index is 12.6. The molecule has 1 aromatic heterocycles. The number of benzene rings is 1. The van der Waals surface area contributed by atoms with E-state index in [0.717, 1.165) is 5.69 Å². The summed E-state index contributed by atoms with van der Waals surface area (Å²) in [4.78, 5) is 27.8. The maximum absolute atomic E-state index is 12.6. The Morgan fingerprint density at radius 1 is 1.20 bits per heavy atom. The van der Waals surface area contributed by atoms with E-state index in [1.54, 1.807) is 17.9 Å². The third-order valence-corrected chi connectivity index (χ3v) is 3.89. The number of likely N-dealkylation sites (N-methyl/N-ethyl adjacent to an activating group) is 2. The number of rotatable bonds is 7. The Morgan fingerprint density at radius 2 is 1.88 bits per heavy atom. The molecule has 0 bridgehead atoms. The average Bonchev–Trinajstić information content (AvgIpc) is 2.95. The number of hydrogen-bond acceptors (Lipinski definition) is 5. The molecule has 1 amide bonds. The number of furan rings is 1. The first kappa shape index (κ1) is 18.7. The minimum atomic E-state index is -0.424. The van der Waals surface area contributed by atoms with Gasteiger partial charge in [0.05, 0.1) is 20.2 Å². The number of hydrogen-bond donors (Lipinski definition) is 0. The van der Waals surface area contributed by atoms with E-state index < -0.39 is 5.97 Å². The lowest BCUT2D eigenvalue weighted by Gasteiger charge is -2.24. The van der Waals surface area contributed by atoms with Crippen LogP contribution in [0.4, 0.5) is 5.69 Å². The molecule has 25 heavy (non-hydrogen) atoms. The van der Waals surface area contributed by atoms with Crippen molar-refractivity contribution in [1.29, 1.82) is 0 Å². The van der Waals surface area contributed by atoms with E-state index in [1.807, 2.05) is 49.2 Å². The van der Waals surface area contributed by atoms with Gasteiger partial charge in [-0.15, -0.1) is 0 Å². The van der Waals surface area contributed by atoms with Crippen LogP contribution in [0.1, 0.15) is 28.8 Å². The molecule has 2 aromatic rings. The molecule has 0 aliphatic heterocycles. The molecule has 0 aliphatic rings. The topological polar surface area (TPSA) is 63.0 Å². The molecule has 0 aliphatic carbocycles. The van der Waals surface area contributed by atoms with Crippen molar-refractivity contribution in [3.63, 3.8) is 0 Å². The van der Waals surface area contributed by atoms with Gasteiger partial charge in [0.25, 0.3) is 0 Å². The molecule has 6 nitrogen and oxygen atoms in total. The molecule has 0 radical (unpaired) electrons. The van der Waals surface area contributed by atoms with Crippen LogP contribution in [0.2, 0.25) is 0 Å². The minimum absolute atomic E-state index is 0.00710. The predicted octanol–water partition coefficient (Wildman–Crippen LogP) is 2.86. The van der Waals surface area contributed by atoms with Crippen molar-refractivity contribution in [3.05, 3.63) is 53.5 Å². The summed E-state index contributed by atoms with van der Waals surface area (Å²) in [5.74, 6) is 0.720. The van der Waals surface area contributed by atoms with Crippen LogP contribution in [0, 0.1) is 6.92 Å². The van der Waals surface area contributed by atoms with Gasteiger partial charge in [0.15, 0.2) is 0 Å². The van der Waals surface area contributed by atoms with Gasteiger partial charge in [-0.1, -0.05) is 18.2 Å². The Morgan fingerprint density at radius 3 is 2.48 bits per heavy atom. The van der Waals surface area contributed by atoms with E-state index in [-0.39, 0.29) is 12.5 Å². The number of aryl methyl sites for hydroxylation is 1. The molecule has 134 valence electrons. The predicted molar refractivity (Wildman–Crippen MR) is 95.6 cm³/mol. The van der Waals surface area contributed by atoms with Crippen LogP contribution in [-0.2, 0) is 16.1 Å². The molecule has 0 spiro atoms. The Labute approximate surface area is 148 Å². The Bertz CT molecular complexity index is 724. The van der Waals surface area contributed by atoms with E-state index in [1.165, 1.54) is 7.11 Å². The van der Waals surface area contributed by atoms with E-state index >= 15 is 0 Å². The van der Waals surface area contributed by atoms with E-state index in [2.05, 4.69) is 0 Å². The van der Waals surface area contributed by atoms with Crippen LogP contribution < -0.4 is 4.90 Å². The van der Waals surface area contributed by atoms with Crippen molar-refractivity contribution in [1.82, 2.24) is 4.90 Å². The first-order valence-corrected chi connectivity index (χ1v) is 8.17. The van der Waals surface area contributed by atoms with Gasteiger partial charge in [0, 0.05) is 12.2 Å². The Balaban J connectivity index is 2.01. The molecule has 0 atom stereocenters. The van der Waals surface area contributed by atoms with Gasteiger partial charge < -0.3 is 14.1 Å². The fourth-order valence-corrected chi connectivity index (χ4v) is 2.68. The number of esters is 1. The summed E-state index contributed by atoms with van der Waals surface area (Å²) in [5, 5.41) is 0. The zero-order valence-corrected chi connectivity index (χ0v) is 15.1. The molecule has 0 saturated heterocycles. The molecule has 0 fully saturated rings. The molecule has 6 heteroatoms. The molecule has 1 aromatic carbocycles. The van der Waals surface area contributed by atoms with Crippen molar-refractivity contribution in [2.75, 3.05) is 32.1 Å². The summed E-state index contributed by atoms with van der Waals surface area (Å²) < 4.78 is 10.3. The molecule has 0 unspecified atom stereocenters. The van der Waals surface area contributed by atoms with Crippen molar-refractivity contribution < 1.29 is 18.7 Å². The SMILES string of the molecule is CCN(C(=O)CN(C)Cc1cc(C(=O)OC)c(C)o1)c1ccccc1. The lowest BCUT2D eigenvalue weighted by atomic mass is 10.2. The highest BCUT2D eigenvalue weighted by Gasteiger charge is 2.19. The molecular formula is C19H24N2O4. The van der Waals surface area contributed by atoms with Crippen LogP contribution >= 0.6 is 0 Å². The van der Waals surface area contributed by atoms with E-state index in [0.29, 0.717) is 30.2 Å². The molecular weight excluding hydrogens is 320 g/mol. The number of carbonyl (C=O) groups excluding carboxylic acids is 2. The second kappa shape index (κ2) is 8.48. The molecule has 0 saturated carbocycles. The van der Waals surface area contributed by atoms with Gasteiger partial charge in [-0.3, -0.25) is 9.69 Å². The summed E-state index contributed by atoms with van der Waals surface area (Å²) in [7, 11) is 3.18. The summed E-state index contributed by atoms with van der Waals surface area (Å²) >= 11 is 0. The van der Waals surface area contributed by atoms with Crippen LogP contribution in [0.15, 0.2) is 40.8 Å².